The molecule has 0 bridgehead atoms. The van der Waals surface area contributed by atoms with E-state index in [1.165, 1.54) is 17.9 Å². The Labute approximate surface area is 164 Å². The lowest BCUT2D eigenvalue weighted by atomic mass is 9.90. The van der Waals surface area contributed by atoms with Gasteiger partial charge in [-0.1, -0.05) is 0 Å². The van der Waals surface area contributed by atoms with Crippen LogP contribution in [0, 0.1) is 18.3 Å². The van der Waals surface area contributed by atoms with Crippen LogP contribution in [0.1, 0.15) is 26.7 Å². The minimum atomic E-state index is -0.545. The lowest BCUT2D eigenvalue weighted by Gasteiger charge is -2.33. The highest BCUT2D eigenvalue weighted by Crippen LogP contribution is 2.31. The van der Waals surface area contributed by atoms with Gasteiger partial charge in [0.2, 0.25) is 11.9 Å². The minimum Gasteiger partial charge on any atom is -0.442 e. The first kappa shape index (κ1) is 19.9. The highest BCUT2D eigenvalue weighted by Gasteiger charge is 2.33. The molecule has 0 spiro atoms. The molecule has 1 unspecified atom stereocenters. The predicted molar refractivity (Wildman–Crippen MR) is 104 cm³/mol. The second-order valence-corrected chi connectivity index (χ2v) is 7.38. The van der Waals surface area contributed by atoms with Gasteiger partial charge in [-0.25, -0.2) is 15.8 Å². The van der Waals surface area contributed by atoms with Crippen molar-refractivity contribution in [3.63, 3.8) is 0 Å². The number of carbonyl (C=O) groups is 2. The molecule has 1 aromatic carbocycles. The van der Waals surface area contributed by atoms with Crippen LogP contribution in [0.25, 0.3) is 4.85 Å². The van der Waals surface area contributed by atoms with Gasteiger partial charge >= 0.3 is 6.09 Å². The summed E-state index contributed by atoms with van der Waals surface area (Å²) in [4.78, 5) is 30.1. The zero-order valence-electron chi connectivity index (χ0n) is 16.2. The molecule has 1 N–H and O–H groups in total. The Morgan fingerprint density at radius 1 is 1.43 bits per heavy atom. The van der Waals surface area contributed by atoms with E-state index in [0.29, 0.717) is 30.4 Å². The van der Waals surface area contributed by atoms with Gasteiger partial charge < -0.3 is 19.8 Å². The molecule has 0 saturated carbocycles. The normalized spacial score (nSPS) is 21.2. The summed E-state index contributed by atoms with van der Waals surface area (Å²) in [5.41, 5.74) is 0.952. The number of benzene rings is 1. The van der Waals surface area contributed by atoms with E-state index in [1.807, 2.05) is 11.8 Å². The zero-order chi connectivity index (χ0) is 20.3. The van der Waals surface area contributed by atoms with Gasteiger partial charge in [0.25, 0.3) is 0 Å². The lowest BCUT2D eigenvalue weighted by molar-refractivity contribution is -0.119. The summed E-state index contributed by atoms with van der Waals surface area (Å²) >= 11 is 0. The van der Waals surface area contributed by atoms with E-state index in [0.717, 1.165) is 12.8 Å². The number of nitrogens with one attached hydrogen (secondary N) is 1. The summed E-state index contributed by atoms with van der Waals surface area (Å²) < 4.78 is 20.0. The number of hydrogen-bond donors (Lipinski definition) is 1. The third-order valence-electron chi connectivity index (χ3n) is 5.46. The molecule has 2 saturated heterocycles. The molecule has 0 aliphatic carbocycles. The van der Waals surface area contributed by atoms with Crippen LogP contribution in [0.2, 0.25) is 0 Å². The summed E-state index contributed by atoms with van der Waals surface area (Å²) in [6, 6.07) is 4.76. The van der Waals surface area contributed by atoms with Crippen molar-refractivity contribution in [1.82, 2.24) is 5.32 Å². The fraction of sp³-hybridized carbons (Fsp3) is 0.550. The molecule has 0 aromatic heterocycles. The maximum Gasteiger partial charge on any atom is 0.414 e. The van der Waals surface area contributed by atoms with Crippen molar-refractivity contribution in [2.45, 2.75) is 38.8 Å². The quantitative estimate of drug-likeness (QED) is 0.788. The Bertz CT molecular complexity index is 786. The van der Waals surface area contributed by atoms with Gasteiger partial charge in [-0.05, 0) is 31.0 Å². The molecule has 2 aliphatic rings. The summed E-state index contributed by atoms with van der Waals surface area (Å²) in [6.45, 7) is 12.4. The third-order valence-corrected chi connectivity index (χ3v) is 5.46. The maximum absolute atomic E-state index is 14.8. The molecule has 0 radical (unpaired) electrons. The van der Waals surface area contributed by atoms with E-state index < -0.39 is 12.2 Å². The number of rotatable bonds is 5. The van der Waals surface area contributed by atoms with Crippen LogP contribution in [-0.4, -0.2) is 50.3 Å². The molecule has 2 atom stereocenters. The number of piperidine rings is 1. The van der Waals surface area contributed by atoms with Crippen LogP contribution < -0.4 is 15.1 Å². The Balaban J connectivity index is 1.64. The Morgan fingerprint density at radius 3 is 2.75 bits per heavy atom. The molecule has 2 fully saturated rings. The largest absolute Gasteiger partial charge is 0.442 e. The van der Waals surface area contributed by atoms with Crippen LogP contribution in [0.3, 0.4) is 0 Å². The summed E-state index contributed by atoms with van der Waals surface area (Å²) in [5, 5.41) is 2.62. The summed E-state index contributed by atoms with van der Waals surface area (Å²) in [6.07, 6.45) is 0.737. The van der Waals surface area contributed by atoms with Gasteiger partial charge in [-0.15, -0.1) is 0 Å². The number of ether oxygens (including phenoxy) is 1. The molecule has 1 aromatic rings. The minimum absolute atomic E-state index is 0.000916. The smallest absolute Gasteiger partial charge is 0.414 e. The van der Waals surface area contributed by atoms with Gasteiger partial charge in [-0.3, -0.25) is 9.69 Å². The highest BCUT2D eigenvalue weighted by atomic mass is 19.1. The number of anilines is 2. The number of carbonyl (C=O) groups excluding carboxylic acids is 2. The number of amides is 2. The van der Waals surface area contributed by atoms with Crippen molar-refractivity contribution < 1.29 is 18.7 Å². The van der Waals surface area contributed by atoms with Crippen LogP contribution in [0.15, 0.2) is 18.2 Å². The van der Waals surface area contributed by atoms with Crippen LogP contribution in [0.5, 0.6) is 0 Å². The SMILES string of the molecule is [C-]#[N+]C(C)C1CCN(c2ccc(N3C[C@H](CNC(C)=O)OC3=O)cc2F)CC1. The third kappa shape index (κ3) is 4.35. The molecule has 2 aliphatic heterocycles. The average molecular weight is 388 g/mol. The van der Waals surface area contributed by atoms with E-state index in [2.05, 4.69) is 10.2 Å². The maximum atomic E-state index is 14.8. The van der Waals surface area contributed by atoms with Crippen LogP contribution >= 0.6 is 0 Å². The predicted octanol–water partition coefficient (Wildman–Crippen LogP) is 2.81. The first-order chi connectivity index (χ1) is 13.4. The number of nitrogens with zero attached hydrogens (tertiary/aromatic N) is 3. The van der Waals surface area contributed by atoms with Crippen molar-refractivity contribution in [3.8, 4) is 0 Å². The first-order valence-electron chi connectivity index (χ1n) is 9.52. The molecule has 2 amide bonds. The Hall–Kier alpha value is -2.82. The second-order valence-electron chi connectivity index (χ2n) is 7.38. The molecule has 2 heterocycles. The molecular weight excluding hydrogens is 363 g/mol. The van der Waals surface area contributed by atoms with Gasteiger partial charge in [0, 0.05) is 32.9 Å². The first-order valence-corrected chi connectivity index (χ1v) is 9.52. The molecular formula is C20H25FN4O3. The van der Waals surface area contributed by atoms with Crippen LogP contribution in [0.4, 0.5) is 20.6 Å². The monoisotopic (exact) mass is 388 g/mol. The van der Waals surface area contributed by atoms with Gasteiger partial charge in [0.15, 0.2) is 0 Å². The molecule has 8 heteroatoms. The van der Waals surface area contributed by atoms with Crippen molar-refractivity contribution in [1.29, 1.82) is 0 Å². The van der Waals surface area contributed by atoms with Crippen molar-refractivity contribution in [3.05, 3.63) is 35.4 Å². The van der Waals surface area contributed by atoms with Crippen molar-refractivity contribution >= 4 is 23.4 Å². The number of hydrogen-bond acceptors (Lipinski definition) is 4. The standard InChI is InChI=1S/C20H25FN4O3/c1-13(22-3)15-6-8-24(9-7-15)19-5-4-16(10-18(19)21)25-12-17(28-20(25)27)11-23-14(2)26/h4-5,10,13,15,17H,6-9,11-12H2,1-2H3,(H,23,26)/t13?,17-/m0/s1. The van der Waals surface area contributed by atoms with E-state index >= 15 is 0 Å². The van der Waals surface area contributed by atoms with Gasteiger partial charge in [0.1, 0.15) is 11.9 Å². The van der Waals surface area contributed by atoms with Gasteiger partial charge in [-0.2, -0.15) is 0 Å². The van der Waals surface area contributed by atoms with Gasteiger partial charge in [0.05, 0.1) is 24.5 Å². The van der Waals surface area contributed by atoms with E-state index in [1.54, 1.807) is 12.1 Å². The van der Waals surface area contributed by atoms with Crippen LogP contribution in [-0.2, 0) is 9.53 Å². The zero-order valence-corrected chi connectivity index (χ0v) is 16.2. The number of cyclic esters (lactones) is 1. The lowest BCUT2D eigenvalue weighted by Crippen LogP contribution is -2.37. The Kier molecular flexibility index (Phi) is 6.02. The van der Waals surface area contributed by atoms with Crippen molar-refractivity contribution in [2.75, 3.05) is 36.0 Å². The highest BCUT2D eigenvalue weighted by molar-refractivity contribution is 5.90. The van der Waals surface area contributed by atoms with E-state index in [4.69, 9.17) is 11.3 Å². The fourth-order valence-electron chi connectivity index (χ4n) is 3.74. The molecule has 7 nitrogen and oxygen atoms in total. The van der Waals surface area contributed by atoms with E-state index in [-0.39, 0.29) is 30.9 Å². The topological polar surface area (TPSA) is 66.2 Å². The Morgan fingerprint density at radius 2 is 2.14 bits per heavy atom. The average Bonchev–Trinajstić information content (AvgIpc) is 3.06. The molecule has 3 rings (SSSR count). The summed E-state index contributed by atoms with van der Waals surface area (Å²) in [7, 11) is 0. The summed E-state index contributed by atoms with van der Waals surface area (Å²) in [5.74, 6) is -0.220. The molecule has 28 heavy (non-hydrogen) atoms. The second kappa shape index (κ2) is 8.46. The number of halogens is 1. The van der Waals surface area contributed by atoms with E-state index in [9.17, 15) is 14.0 Å². The fourth-order valence-corrected chi connectivity index (χ4v) is 3.74. The van der Waals surface area contributed by atoms with Crippen molar-refractivity contribution in [2.24, 2.45) is 5.92 Å². The molecule has 150 valence electrons.